The molecule has 3 aromatic carbocycles. The standard InChI is InChI=1S/C20H16O2/c21-19(22)12-14-9-10-15-11-18(13-5-2-1-3-6-13)17-8-4-7-16(14)20(15)17/h1-10,18H,11-12H2,(H,21,22)/t18-/m0/s1. The van der Waals surface area contributed by atoms with Gasteiger partial charge in [-0.3, -0.25) is 4.79 Å². The zero-order valence-electron chi connectivity index (χ0n) is 12.1. The van der Waals surface area contributed by atoms with Crippen molar-refractivity contribution in [2.75, 3.05) is 0 Å². The summed E-state index contributed by atoms with van der Waals surface area (Å²) in [6, 6.07) is 20.9. The van der Waals surface area contributed by atoms with Gasteiger partial charge < -0.3 is 5.11 Å². The summed E-state index contributed by atoms with van der Waals surface area (Å²) in [5.41, 5.74) is 4.88. The van der Waals surface area contributed by atoms with Gasteiger partial charge >= 0.3 is 5.97 Å². The normalized spacial score (nSPS) is 16.1. The van der Waals surface area contributed by atoms with Gasteiger partial charge in [0, 0.05) is 5.92 Å². The van der Waals surface area contributed by atoms with E-state index in [1.54, 1.807) is 0 Å². The van der Waals surface area contributed by atoms with Crippen LogP contribution in [0.5, 0.6) is 0 Å². The predicted molar refractivity (Wildman–Crippen MR) is 87.3 cm³/mol. The van der Waals surface area contributed by atoms with Gasteiger partial charge in [0.1, 0.15) is 0 Å². The third kappa shape index (κ3) is 2.00. The Morgan fingerprint density at radius 1 is 1.00 bits per heavy atom. The van der Waals surface area contributed by atoms with Crippen LogP contribution >= 0.6 is 0 Å². The van der Waals surface area contributed by atoms with Gasteiger partial charge in [-0.25, -0.2) is 0 Å². The lowest BCUT2D eigenvalue weighted by atomic mass is 9.92. The summed E-state index contributed by atoms with van der Waals surface area (Å²) in [5, 5.41) is 11.5. The molecule has 0 saturated heterocycles. The number of hydrogen-bond acceptors (Lipinski definition) is 1. The summed E-state index contributed by atoms with van der Waals surface area (Å²) in [6.45, 7) is 0. The molecule has 0 radical (unpaired) electrons. The van der Waals surface area contributed by atoms with E-state index in [4.69, 9.17) is 5.11 Å². The molecule has 0 amide bonds. The summed E-state index contributed by atoms with van der Waals surface area (Å²) in [5.74, 6) is -0.404. The van der Waals surface area contributed by atoms with E-state index in [1.165, 1.54) is 22.1 Å². The van der Waals surface area contributed by atoms with Gasteiger partial charge in [-0.15, -0.1) is 0 Å². The van der Waals surface area contributed by atoms with Crippen LogP contribution < -0.4 is 0 Å². The van der Waals surface area contributed by atoms with Crippen LogP contribution in [0.2, 0.25) is 0 Å². The van der Waals surface area contributed by atoms with Crippen LogP contribution in [0, 0.1) is 0 Å². The molecule has 0 spiro atoms. The molecule has 0 bridgehead atoms. The Kier molecular flexibility index (Phi) is 2.97. The van der Waals surface area contributed by atoms with Crippen LogP contribution in [0.25, 0.3) is 10.8 Å². The smallest absolute Gasteiger partial charge is 0.307 e. The molecule has 0 heterocycles. The maximum absolute atomic E-state index is 11.1. The summed E-state index contributed by atoms with van der Waals surface area (Å²) >= 11 is 0. The molecule has 2 nitrogen and oxygen atoms in total. The van der Waals surface area contributed by atoms with Gasteiger partial charge in [0.25, 0.3) is 0 Å². The highest BCUT2D eigenvalue weighted by Crippen LogP contribution is 2.42. The van der Waals surface area contributed by atoms with Crippen LogP contribution in [0.4, 0.5) is 0 Å². The summed E-state index contributed by atoms with van der Waals surface area (Å²) in [6.07, 6.45) is 1.07. The van der Waals surface area contributed by atoms with Crippen molar-refractivity contribution >= 4 is 16.7 Å². The third-order valence-corrected chi connectivity index (χ3v) is 4.59. The van der Waals surface area contributed by atoms with Crippen molar-refractivity contribution in [1.82, 2.24) is 0 Å². The van der Waals surface area contributed by atoms with Crippen LogP contribution in [-0.4, -0.2) is 11.1 Å². The summed E-state index contributed by atoms with van der Waals surface area (Å²) < 4.78 is 0. The molecule has 1 atom stereocenters. The average Bonchev–Trinajstić information content (AvgIpc) is 2.91. The van der Waals surface area contributed by atoms with Crippen molar-refractivity contribution in [2.24, 2.45) is 0 Å². The topological polar surface area (TPSA) is 37.3 Å². The molecule has 3 aromatic rings. The molecule has 2 heteroatoms. The van der Waals surface area contributed by atoms with Gasteiger partial charge in [0.2, 0.25) is 0 Å². The number of carboxylic acid groups (broad SMARTS) is 1. The van der Waals surface area contributed by atoms with Gasteiger partial charge in [0.05, 0.1) is 6.42 Å². The molecule has 1 N–H and O–H groups in total. The lowest BCUT2D eigenvalue weighted by Crippen LogP contribution is -2.01. The number of benzene rings is 3. The Hall–Kier alpha value is -2.61. The first-order valence-electron chi connectivity index (χ1n) is 7.54. The second-order valence-corrected chi connectivity index (χ2v) is 5.89. The van der Waals surface area contributed by atoms with Crippen molar-refractivity contribution in [2.45, 2.75) is 18.8 Å². The molecular weight excluding hydrogens is 272 g/mol. The van der Waals surface area contributed by atoms with Crippen molar-refractivity contribution in [3.8, 4) is 0 Å². The first-order chi connectivity index (χ1) is 10.7. The van der Waals surface area contributed by atoms with E-state index in [-0.39, 0.29) is 6.42 Å². The average molecular weight is 288 g/mol. The molecule has 0 unspecified atom stereocenters. The second kappa shape index (κ2) is 4.99. The molecule has 108 valence electrons. The van der Waals surface area contributed by atoms with Crippen LogP contribution in [0.3, 0.4) is 0 Å². The maximum Gasteiger partial charge on any atom is 0.307 e. The largest absolute Gasteiger partial charge is 0.481 e. The Morgan fingerprint density at radius 3 is 2.59 bits per heavy atom. The second-order valence-electron chi connectivity index (χ2n) is 5.89. The Balaban J connectivity index is 1.90. The van der Waals surface area contributed by atoms with E-state index in [0.717, 1.165) is 17.4 Å². The number of rotatable bonds is 3. The number of carboxylic acids is 1. The van der Waals surface area contributed by atoms with Gasteiger partial charge in [-0.1, -0.05) is 60.7 Å². The van der Waals surface area contributed by atoms with E-state index in [2.05, 4.69) is 36.4 Å². The number of carbonyl (C=O) groups is 1. The van der Waals surface area contributed by atoms with Gasteiger partial charge in [-0.05, 0) is 39.4 Å². The SMILES string of the molecule is O=C(O)Cc1ccc2c3c(cccc13)[C@H](c1ccccc1)C2. The van der Waals surface area contributed by atoms with E-state index < -0.39 is 5.97 Å². The van der Waals surface area contributed by atoms with Gasteiger partial charge in [0.15, 0.2) is 0 Å². The quantitative estimate of drug-likeness (QED) is 0.786. The van der Waals surface area contributed by atoms with Gasteiger partial charge in [-0.2, -0.15) is 0 Å². The third-order valence-electron chi connectivity index (χ3n) is 4.59. The summed E-state index contributed by atoms with van der Waals surface area (Å²) in [7, 11) is 0. The Bertz CT molecular complexity index is 866. The number of aliphatic carboxylic acids is 1. The molecule has 22 heavy (non-hydrogen) atoms. The van der Waals surface area contributed by atoms with Crippen LogP contribution in [-0.2, 0) is 17.6 Å². The van der Waals surface area contributed by atoms with Crippen molar-refractivity contribution in [3.63, 3.8) is 0 Å². The fourth-order valence-electron chi connectivity index (χ4n) is 3.66. The fraction of sp³-hybridized carbons (Fsp3) is 0.150. The van der Waals surface area contributed by atoms with Crippen molar-refractivity contribution < 1.29 is 9.90 Å². The fourth-order valence-corrected chi connectivity index (χ4v) is 3.66. The molecule has 4 rings (SSSR count). The van der Waals surface area contributed by atoms with E-state index in [9.17, 15) is 4.79 Å². The first-order valence-corrected chi connectivity index (χ1v) is 7.54. The molecular formula is C20H16O2. The first kappa shape index (κ1) is 13.1. The summed E-state index contributed by atoms with van der Waals surface area (Å²) in [4.78, 5) is 11.1. The lowest BCUT2D eigenvalue weighted by molar-refractivity contribution is -0.136. The monoisotopic (exact) mass is 288 g/mol. The highest BCUT2D eigenvalue weighted by Gasteiger charge is 2.26. The van der Waals surface area contributed by atoms with E-state index in [0.29, 0.717) is 5.92 Å². The Morgan fingerprint density at radius 2 is 1.82 bits per heavy atom. The van der Waals surface area contributed by atoms with E-state index >= 15 is 0 Å². The molecule has 1 aliphatic rings. The minimum Gasteiger partial charge on any atom is -0.481 e. The molecule has 0 aliphatic heterocycles. The highest BCUT2D eigenvalue weighted by atomic mass is 16.4. The minimum atomic E-state index is -0.779. The zero-order chi connectivity index (χ0) is 15.1. The van der Waals surface area contributed by atoms with Crippen LogP contribution in [0.15, 0.2) is 60.7 Å². The predicted octanol–water partition coefficient (Wildman–Crippen LogP) is 4.15. The maximum atomic E-state index is 11.1. The number of hydrogen-bond donors (Lipinski definition) is 1. The van der Waals surface area contributed by atoms with E-state index in [1.807, 2.05) is 24.3 Å². The molecule has 0 fully saturated rings. The molecule has 0 aromatic heterocycles. The molecule has 0 saturated carbocycles. The van der Waals surface area contributed by atoms with Crippen LogP contribution in [0.1, 0.15) is 28.2 Å². The zero-order valence-corrected chi connectivity index (χ0v) is 12.1. The lowest BCUT2D eigenvalue weighted by Gasteiger charge is -2.12. The highest BCUT2D eigenvalue weighted by molar-refractivity contribution is 5.96. The minimum absolute atomic E-state index is 0.0796. The molecule has 1 aliphatic carbocycles. The van der Waals surface area contributed by atoms with Crippen molar-refractivity contribution in [1.29, 1.82) is 0 Å². The van der Waals surface area contributed by atoms with Crippen molar-refractivity contribution in [3.05, 3.63) is 82.9 Å². The Labute approximate surface area is 129 Å².